The predicted molar refractivity (Wildman–Crippen MR) is 103 cm³/mol. The van der Waals surface area contributed by atoms with E-state index in [-0.39, 0.29) is 12.0 Å². The van der Waals surface area contributed by atoms with Crippen molar-refractivity contribution in [1.82, 2.24) is 0 Å². The Labute approximate surface area is 155 Å². The van der Waals surface area contributed by atoms with Gasteiger partial charge in [-0.3, -0.25) is 4.79 Å². The van der Waals surface area contributed by atoms with Gasteiger partial charge in [-0.05, 0) is 50.1 Å². The molecule has 5 nitrogen and oxygen atoms in total. The van der Waals surface area contributed by atoms with Crippen LogP contribution in [0.1, 0.15) is 38.1 Å². The van der Waals surface area contributed by atoms with Crippen molar-refractivity contribution in [3.63, 3.8) is 0 Å². The summed E-state index contributed by atoms with van der Waals surface area (Å²) in [5.41, 5.74) is 1.12. The summed E-state index contributed by atoms with van der Waals surface area (Å²) < 4.78 is 16.8. The van der Waals surface area contributed by atoms with E-state index in [0.29, 0.717) is 41.0 Å². The molecular weight excluding hydrogens is 330 g/mol. The van der Waals surface area contributed by atoms with Gasteiger partial charge in [0, 0.05) is 5.56 Å². The third-order valence-corrected chi connectivity index (χ3v) is 3.50. The Kier molecular flexibility index (Phi) is 6.89. The monoisotopic (exact) mass is 357 g/mol. The average Bonchev–Trinajstić information content (AvgIpc) is 2.60. The lowest BCUT2D eigenvalue weighted by Crippen LogP contribution is -2.14. The first-order chi connectivity index (χ1) is 12.4. The molecule has 1 amide bonds. The number of rotatable bonds is 8. The summed E-state index contributed by atoms with van der Waals surface area (Å²) in [4.78, 5) is 12.6. The molecule has 0 atom stereocenters. The molecule has 0 spiro atoms. The van der Waals surface area contributed by atoms with Gasteiger partial charge in [-0.25, -0.2) is 0 Å². The SMILES string of the molecule is COc1cc(C(=O)Nc2ccccc2OCC(C)C)ccc1OC(C)C. The molecule has 0 saturated carbocycles. The molecule has 0 aliphatic heterocycles. The molecule has 0 aliphatic rings. The molecule has 0 radical (unpaired) electrons. The van der Waals surface area contributed by atoms with Crippen molar-refractivity contribution in [2.75, 3.05) is 19.0 Å². The van der Waals surface area contributed by atoms with Crippen LogP contribution < -0.4 is 19.5 Å². The Morgan fingerprint density at radius 3 is 2.38 bits per heavy atom. The Bertz CT molecular complexity index is 741. The van der Waals surface area contributed by atoms with E-state index in [4.69, 9.17) is 14.2 Å². The van der Waals surface area contributed by atoms with Gasteiger partial charge >= 0.3 is 0 Å². The van der Waals surface area contributed by atoms with Gasteiger partial charge in [0.25, 0.3) is 5.91 Å². The maximum Gasteiger partial charge on any atom is 0.255 e. The number of amides is 1. The van der Waals surface area contributed by atoms with Crippen molar-refractivity contribution in [3.05, 3.63) is 48.0 Å². The zero-order chi connectivity index (χ0) is 19.1. The van der Waals surface area contributed by atoms with Crippen molar-refractivity contribution in [3.8, 4) is 17.2 Å². The van der Waals surface area contributed by atoms with Gasteiger partial charge in [0.2, 0.25) is 0 Å². The first-order valence-electron chi connectivity index (χ1n) is 8.78. The first-order valence-corrected chi connectivity index (χ1v) is 8.78. The van der Waals surface area contributed by atoms with E-state index in [1.807, 2.05) is 38.1 Å². The Morgan fingerprint density at radius 1 is 1.00 bits per heavy atom. The van der Waals surface area contributed by atoms with E-state index >= 15 is 0 Å². The molecule has 5 heteroatoms. The largest absolute Gasteiger partial charge is 0.493 e. The average molecular weight is 357 g/mol. The van der Waals surface area contributed by atoms with Gasteiger partial charge in [0.05, 0.1) is 25.5 Å². The van der Waals surface area contributed by atoms with Crippen molar-refractivity contribution in [2.24, 2.45) is 5.92 Å². The highest BCUT2D eigenvalue weighted by Gasteiger charge is 2.14. The van der Waals surface area contributed by atoms with Crippen LogP contribution in [0.15, 0.2) is 42.5 Å². The third-order valence-electron chi connectivity index (χ3n) is 3.50. The highest BCUT2D eigenvalue weighted by Crippen LogP contribution is 2.30. The Morgan fingerprint density at radius 2 is 1.73 bits per heavy atom. The molecule has 0 fully saturated rings. The lowest BCUT2D eigenvalue weighted by molar-refractivity contribution is 0.102. The molecular formula is C21H27NO4. The summed E-state index contributed by atoms with van der Waals surface area (Å²) in [6.07, 6.45) is 0.0218. The highest BCUT2D eigenvalue weighted by atomic mass is 16.5. The van der Waals surface area contributed by atoms with Gasteiger partial charge in [-0.15, -0.1) is 0 Å². The van der Waals surface area contributed by atoms with Gasteiger partial charge in [0.15, 0.2) is 11.5 Å². The highest BCUT2D eigenvalue weighted by molar-refractivity contribution is 6.05. The van der Waals surface area contributed by atoms with E-state index in [2.05, 4.69) is 19.2 Å². The second kappa shape index (κ2) is 9.13. The maximum absolute atomic E-state index is 12.6. The number of methoxy groups -OCH3 is 1. The number of ether oxygens (including phenoxy) is 3. The van der Waals surface area contributed by atoms with E-state index in [1.54, 1.807) is 25.3 Å². The van der Waals surface area contributed by atoms with Crippen molar-refractivity contribution >= 4 is 11.6 Å². The van der Waals surface area contributed by atoms with Crippen molar-refractivity contribution in [1.29, 1.82) is 0 Å². The van der Waals surface area contributed by atoms with Crippen LogP contribution >= 0.6 is 0 Å². The quantitative estimate of drug-likeness (QED) is 0.739. The Balaban J connectivity index is 2.17. The standard InChI is InChI=1S/C21H27NO4/c1-14(2)13-25-18-9-7-6-8-17(18)22-21(23)16-10-11-19(26-15(3)4)20(12-16)24-5/h6-12,14-15H,13H2,1-5H3,(H,22,23). The van der Waals surface area contributed by atoms with Crippen LogP contribution in [0.25, 0.3) is 0 Å². The number of hydrogen-bond acceptors (Lipinski definition) is 4. The van der Waals surface area contributed by atoms with E-state index in [0.717, 1.165) is 0 Å². The lowest BCUT2D eigenvalue weighted by atomic mass is 10.1. The summed E-state index contributed by atoms with van der Waals surface area (Å²) in [5.74, 6) is 1.95. The fourth-order valence-electron chi connectivity index (χ4n) is 2.31. The first kappa shape index (κ1) is 19.6. The van der Waals surface area contributed by atoms with Crippen LogP contribution in [0, 0.1) is 5.92 Å². The summed E-state index contributed by atoms with van der Waals surface area (Å²) >= 11 is 0. The van der Waals surface area contributed by atoms with Crippen LogP contribution in [0.3, 0.4) is 0 Å². The minimum absolute atomic E-state index is 0.0218. The molecule has 2 aromatic rings. The molecule has 2 aromatic carbocycles. The van der Waals surface area contributed by atoms with Crippen LogP contribution in [0.5, 0.6) is 17.2 Å². The maximum atomic E-state index is 12.6. The molecule has 0 bridgehead atoms. The molecule has 2 rings (SSSR count). The topological polar surface area (TPSA) is 56.8 Å². The molecule has 140 valence electrons. The molecule has 0 heterocycles. The molecule has 0 aliphatic carbocycles. The summed E-state index contributed by atoms with van der Waals surface area (Å²) in [5, 5.41) is 2.90. The molecule has 0 saturated heterocycles. The predicted octanol–water partition coefficient (Wildman–Crippen LogP) is 4.77. The molecule has 1 N–H and O–H groups in total. The number of nitrogens with one attached hydrogen (secondary N) is 1. The van der Waals surface area contributed by atoms with E-state index in [9.17, 15) is 4.79 Å². The zero-order valence-corrected chi connectivity index (χ0v) is 16.0. The van der Waals surface area contributed by atoms with Gasteiger partial charge in [-0.1, -0.05) is 26.0 Å². The van der Waals surface area contributed by atoms with Gasteiger partial charge in [0.1, 0.15) is 5.75 Å². The van der Waals surface area contributed by atoms with Crippen LogP contribution in [-0.4, -0.2) is 25.7 Å². The molecule has 0 unspecified atom stereocenters. The number of carbonyl (C=O) groups excluding carboxylic acids is 1. The van der Waals surface area contributed by atoms with Crippen molar-refractivity contribution < 1.29 is 19.0 Å². The Hall–Kier alpha value is -2.69. The van der Waals surface area contributed by atoms with Crippen LogP contribution in [-0.2, 0) is 0 Å². The number of hydrogen-bond donors (Lipinski definition) is 1. The summed E-state index contributed by atoms with van der Waals surface area (Å²) in [6, 6.07) is 12.5. The van der Waals surface area contributed by atoms with Gasteiger partial charge in [-0.2, -0.15) is 0 Å². The van der Waals surface area contributed by atoms with E-state index in [1.165, 1.54) is 0 Å². The summed E-state index contributed by atoms with van der Waals surface area (Å²) in [6.45, 7) is 8.62. The fraction of sp³-hybridized carbons (Fsp3) is 0.381. The number of para-hydroxylation sites is 2. The summed E-state index contributed by atoms with van der Waals surface area (Å²) in [7, 11) is 1.55. The molecule has 0 aromatic heterocycles. The second-order valence-corrected chi connectivity index (χ2v) is 6.69. The molecule has 26 heavy (non-hydrogen) atoms. The normalized spacial score (nSPS) is 10.7. The number of carbonyl (C=O) groups is 1. The third kappa shape index (κ3) is 5.41. The number of anilines is 1. The van der Waals surface area contributed by atoms with Crippen LogP contribution in [0.4, 0.5) is 5.69 Å². The van der Waals surface area contributed by atoms with Crippen LogP contribution in [0.2, 0.25) is 0 Å². The lowest BCUT2D eigenvalue weighted by Gasteiger charge is -2.16. The smallest absolute Gasteiger partial charge is 0.255 e. The second-order valence-electron chi connectivity index (χ2n) is 6.69. The van der Waals surface area contributed by atoms with Gasteiger partial charge < -0.3 is 19.5 Å². The fourth-order valence-corrected chi connectivity index (χ4v) is 2.31. The number of benzene rings is 2. The van der Waals surface area contributed by atoms with Crippen molar-refractivity contribution in [2.45, 2.75) is 33.8 Å². The zero-order valence-electron chi connectivity index (χ0n) is 16.0. The minimum atomic E-state index is -0.236. The minimum Gasteiger partial charge on any atom is -0.493 e. The van der Waals surface area contributed by atoms with E-state index < -0.39 is 0 Å².